The van der Waals surface area contributed by atoms with E-state index in [0.29, 0.717) is 25.8 Å². The second kappa shape index (κ2) is 10.9. The third-order valence-corrected chi connectivity index (χ3v) is 4.23. The molecule has 0 heterocycles. The Morgan fingerprint density at radius 2 is 1.74 bits per heavy atom. The first-order valence-corrected chi connectivity index (χ1v) is 9.00. The van der Waals surface area contributed by atoms with Gasteiger partial charge >= 0.3 is 12.0 Å². The lowest BCUT2D eigenvalue weighted by atomic mass is 10.0. The van der Waals surface area contributed by atoms with E-state index < -0.39 is 5.97 Å². The Morgan fingerprint density at radius 3 is 2.37 bits per heavy atom. The van der Waals surface area contributed by atoms with Gasteiger partial charge in [-0.25, -0.2) is 4.79 Å². The van der Waals surface area contributed by atoms with E-state index in [4.69, 9.17) is 9.84 Å². The predicted molar refractivity (Wildman–Crippen MR) is 104 cm³/mol. The number of aliphatic carboxylic acids is 1. The summed E-state index contributed by atoms with van der Waals surface area (Å²) in [6, 6.07) is 16.9. The molecule has 2 rings (SSSR count). The monoisotopic (exact) mass is 370 g/mol. The number of amides is 2. The topological polar surface area (TPSA) is 87.7 Å². The minimum Gasteiger partial charge on any atom is -0.497 e. The zero-order valence-corrected chi connectivity index (χ0v) is 15.5. The van der Waals surface area contributed by atoms with Gasteiger partial charge in [0.2, 0.25) is 0 Å². The Bertz CT molecular complexity index is 717. The zero-order valence-electron chi connectivity index (χ0n) is 15.5. The van der Waals surface area contributed by atoms with Crippen molar-refractivity contribution in [3.8, 4) is 5.75 Å². The summed E-state index contributed by atoms with van der Waals surface area (Å²) in [6.45, 7) is 0.495. The van der Waals surface area contributed by atoms with E-state index in [9.17, 15) is 9.59 Å². The Labute approximate surface area is 159 Å². The van der Waals surface area contributed by atoms with Gasteiger partial charge in [-0.3, -0.25) is 4.79 Å². The predicted octanol–water partition coefficient (Wildman–Crippen LogP) is 3.01. The summed E-state index contributed by atoms with van der Waals surface area (Å²) in [4.78, 5) is 23.1. The maximum absolute atomic E-state index is 12.2. The summed E-state index contributed by atoms with van der Waals surface area (Å²) in [7, 11) is 1.62. The van der Waals surface area contributed by atoms with Gasteiger partial charge in [-0.2, -0.15) is 0 Å². The summed E-state index contributed by atoms with van der Waals surface area (Å²) in [5.41, 5.74) is 2.16. The number of urea groups is 1. The van der Waals surface area contributed by atoms with Gasteiger partial charge < -0.3 is 20.5 Å². The molecule has 1 atom stereocenters. The van der Waals surface area contributed by atoms with Crippen molar-refractivity contribution in [3.63, 3.8) is 0 Å². The Kier molecular flexibility index (Phi) is 8.16. The van der Waals surface area contributed by atoms with Gasteiger partial charge in [0.25, 0.3) is 0 Å². The summed E-state index contributed by atoms with van der Waals surface area (Å²) >= 11 is 0. The van der Waals surface area contributed by atoms with Crippen molar-refractivity contribution in [2.75, 3.05) is 13.7 Å². The van der Waals surface area contributed by atoms with Gasteiger partial charge in [0.05, 0.1) is 7.11 Å². The minimum absolute atomic E-state index is 0.0175. The van der Waals surface area contributed by atoms with E-state index in [0.717, 1.165) is 16.9 Å². The van der Waals surface area contributed by atoms with Gasteiger partial charge in [-0.15, -0.1) is 0 Å². The van der Waals surface area contributed by atoms with Crippen LogP contribution < -0.4 is 15.4 Å². The Balaban J connectivity index is 1.81. The van der Waals surface area contributed by atoms with Crippen LogP contribution in [-0.2, 0) is 17.6 Å². The Morgan fingerprint density at radius 1 is 1.04 bits per heavy atom. The average Bonchev–Trinajstić information content (AvgIpc) is 2.67. The van der Waals surface area contributed by atoms with Crippen molar-refractivity contribution in [1.29, 1.82) is 0 Å². The van der Waals surface area contributed by atoms with Gasteiger partial charge in [0, 0.05) is 19.0 Å². The second-order valence-corrected chi connectivity index (χ2v) is 6.32. The number of carbonyl (C=O) groups excluding carboxylic acids is 1. The van der Waals surface area contributed by atoms with E-state index in [2.05, 4.69) is 10.6 Å². The van der Waals surface area contributed by atoms with Crippen LogP contribution in [0.2, 0.25) is 0 Å². The van der Waals surface area contributed by atoms with Crippen LogP contribution in [0.3, 0.4) is 0 Å². The maximum atomic E-state index is 12.2. The van der Waals surface area contributed by atoms with Gasteiger partial charge in [-0.05, 0) is 42.5 Å². The molecular formula is C21H26N2O4. The van der Waals surface area contributed by atoms with Crippen LogP contribution in [0, 0.1) is 0 Å². The van der Waals surface area contributed by atoms with Crippen molar-refractivity contribution in [3.05, 3.63) is 65.7 Å². The van der Waals surface area contributed by atoms with Gasteiger partial charge in [0.1, 0.15) is 5.75 Å². The molecule has 6 heteroatoms. The largest absolute Gasteiger partial charge is 0.497 e. The zero-order chi connectivity index (χ0) is 19.5. The van der Waals surface area contributed by atoms with Crippen LogP contribution in [0.5, 0.6) is 5.75 Å². The van der Waals surface area contributed by atoms with Crippen molar-refractivity contribution >= 4 is 12.0 Å². The molecule has 0 spiro atoms. The molecule has 27 heavy (non-hydrogen) atoms. The molecule has 0 saturated carbocycles. The molecule has 0 radical (unpaired) electrons. The molecule has 0 aliphatic rings. The van der Waals surface area contributed by atoms with E-state index in [1.54, 1.807) is 7.11 Å². The molecule has 0 fully saturated rings. The van der Waals surface area contributed by atoms with E-state index in [-0.39, 0.29) is 18.5 Å². The number of carboxylic acid groups (broad SMARTS) is 1. The van der Waals surface area contributed by atoms with E-state index in [1.807, 2.05) is 54.6 Å². The first kappa shape index (κ1) is 20.3. The van der Waals surface area contributed by atoms with Crippen LogP contribution in [0.1, 0.15) is 24.0 Å². The lowest BCUT2D eigenvalue weighted by Gasteiger charge is -2.19. The van der Waals surface area contributed by atoms with Crippen LogP contribution in [0.4, 0.5) is 4.79 Å². The highest BCUT2D eigenvalue weighted by Gasteiger charge is 2.14. The first-order valence-electron chi connectivity index (χ1n) is 9.00. The van der Waals surface area contributed by atoms with E-state index in [1.165, 1.54) is 0 Å². The molecule has 0 saturated heterocycles. The smallest absolute Gasteiger partial charge is 0.315 e. The van der Waals surface area contributed by atoms with Crippen molar-refractivity contribution < 1.29 is 19.4 Å². The lowest BCUT2D eigenvalue weighted by molar-refractivity contribution is -0.137. The molecule has 2 aromatic carbocycles. The van der Waals surface area contributed by atoms with Crippen molar-refractivity contribution in [2.24, 2.45) is 0 Å². The molecule has 0 bridgehead atoms. The number of ether oxygens (including phenoxy) is 1. The highest BCUT2D eigenvalue weighted by molar-refractivity contribution is 5.74. The number of benzene rings is 2. The highest BCUT2D eigenvalue weighted by atomic mass is 16.5. The second-order valence-electron chi connectivity index (χ2n) is 6.32. The van der Waals surface area contributed by atoms with Crippen LogP contribution >= 0.6 is 0 Å². The fourth-order valence-corrected chi connectivity index (χ4v) is 2.77. The van der Waals surface area contributed by atoms with Crippen molar-refractivity contribution in [2.45, 2.75) is 31.7 Å². The fraction of sp³-hybridized carbons (Fsp3) is 0.333. The maximum Gasteiger partial charge on any atom is 0.315 e. The van der Waals surface area contributed by atoms with Gasteiger partial charge in [0.15, 0.2) is 0 Å². The number of hydrogen-bond donors (Lipinski definition) is 3. The summed E-state index contributed by atoms with van der Waals surface area (Å²) in [5.74, 6) is -0.0681. The standard InChI is InChI=1S/C21H26N2O4/c1-27-19-10-7-16(8-11-19)13-14-22-21(26)23-18(9-12-20(24)25)15-17-5-3-2-4-6-17/h2-8,10-11,18H,9,12-15H2,1H3,(H,24,25)(H2,22,23,26). The number of methoxy groups -OCH3 is 1. The SMILES string of the molecule is COc1ccc(CCNC(=O)NC(CCC(=O)O)Cc2ccccc2)cc1. The molecule has 2 amide bonds. The van der Waals surface area contributed by atoms with Crippen LogP contribution in [0.15, 0.2) is 54.6 Å². The molecule has 2 aromatic rings. The summed E-state index contributed by atoms with van der Waals surface area (Å²) < 4.78 is 5.12. The van der Waals surface area contributed by atoms with Crippen molar-refractivity contribution in [1.82, 2.24) is 10.6 Å². The summed E-state index contributed by atoms with van der Waals surface area (Å²) in [6.07, 6.45) is 1.70. The van der Waals surface area contributed by atoms with Crippen LogP contribution in [-0.4, -0.2) is 36.8 Å². The lowest BCUT2D eigenvalue weighted by Crippen LogP contribution is -2.44. The molecule has 0 aliphatic carbocycles. The first-order chi connectivity index (χ1) is 13.1. The highest BCUT2D eigenvalue weighted by Crippen LogP contribution is 2.11. The molecular weight excluding hydrogens is 344 g/mol. The molecule has 6 nitrogen and oxygen atoms in total. The normalized spacial score (nSPS) is 11.4. The van der Waals surface area contributed by atoms with Crippen LogP contribution in [0.25, 0.3) is 0 Å². The number of hydrogen-bond acceptors (Lipinski definition) is 3. The number of rotatable bonds is 10. The third-order valence-electron chi connectivity index (χ3n) is 4.23. The molecule has 1 unspecified atom stereocenters. The molecule has 3 N–H and O–H groups in total. The number of carbonyl (C=O) groups is 2. The third kappa shape index (κ3) is 7.81. The quantitative estimate of drug-likeness (QED) is 0.600. The molecule has 0 aliphatic heterocycles. The minimum atomic E-state index is -0.866. The number of carboxylic acids is 1. The van der Waals surface area contributed by atoms with E-state index >= 15 is 0 Å². The molecule has 0 aromatic heterocycles. The molecule has 144 valence electrons. The fourth-order valence-electron chi connectivity index (χ4n) is 2.77. The summed E-state index contributed by atoms with van der Waals surface area (Å²) in [5, 5.41) is 14.7. The average molecular weight is 370 g/mol. The number of nitrogens with one attached hydrogen (secondary N) is 2. The van der Waals surface area contributed by atoms with Gasteiger partial charge in [-0.1, -0.05) is 42.5 Å². The Hall–Kier alpha value is -3.02.